The lowest BCUT2D eigenvalue weighted by molar-refractivity contribution is 0.0954. The van der Waals surface area contributed by atoms with Crippen molar-refractivity contribution >= 4 is 40.6 Å². The van der Waals surface area contributed by atoms with E-state index in [4.69, 9.17) is 5.73 Å². The fraction of sp³-hybridized carbons (Fsp3) is 0.294. The van der Waals surface area contributed by atoms with Crippen LogP contribution in [0.4, 0.5) is 5.00 Å². The third kappa shape index (κ3) is 5.33. The number of aryl methyl sites for hydroxylation is 1. The molecule has 130 valence electrons. The Morgan fingerprint density at radius 3 is 2.46 bits per heavy atom. The Balaban J connectivity index is 0.00000288. The number of carbonyl (C=O) groups excluding carboxylic acids is 2. The fourth-order valence-corrected chi connectivity index (χ4v) is 2.83. The van der Waals surface area contributed by atoms with E-state index in [0.29, 0.717) is 29.2 Å². The normalized spacial score (nSPS) is 9.92. The molecule has 2 aromatic rings. The molecule has 0 aliphatic carbocycles. The van der Waals surface area contributed by atoms with Crippen LogP contribution in [0.15, 0.2) is 35.7 Å². The van der Waals surface area contributed by atoms with Gasteiger partial charge in [0.15, 0.2) is 0 Å². The third-order valence-electron chi connectivity index (χ3n) is 3.43. The Hall–Kier alpha value is -1.89. The van der Waals surface area contributed by atoms with E-state index in [1.165, 1.54) is 16.9 Å². The van der Waals surface area contributed by atoms with Gasteiger partial charge in [0.1, 0.15) is 5.00 Å². The summed E-state index contributed by atoms with van der Waals surface area (Å²) in [7, 11) is 0. The predicted molar refractivity (Wildman–Crippen MR) is 101 cm³/mol. The number of anilines is 1. The number of rotatable bonds is 7. The summed E-state index contributed by atoms with van der Waals surface area (Å²) in [4.78, 5) is 24.4. The molecule has 1 aromatic carbocycles. The largest absolute Gasteiger partial charge is 0.352 e. The number of nitrogens with two attached hydrogens (primary N) is 1. The molecule has 2 amide bonds. The number of hydrogen-bond donors (Lipinski definition) is 3. The maximum absolute atomic E-state index is 12.3. The molecule has 24 heavy (non-hydrogen) atoms. The zero-order valence-corrected chi connectivity index (χ0v) is 15.1. The number of carbonyl (C=O) groups is 2. The summed E-state index contributed by atoms with van der Waals surface area (Å²) in [5.41, 5.74) is 7.64. The Morgan fingerprint density at radius 1 is 1.12 bits per heavy atom. The molecule has 0 aliphatic rings. The Labute approximate surface area is 152 Å². The van der Waals surface area contributed by atoms with Gasteiger partial charge in [-0.05, 0) is 48.5 Å². The highest BCUT2D eigenvalue weighted by Gasteiger charge is 2.15. The SMILES string of the molecule is CCc1ccc(C(=O)Nc2sccc2C(=O)NCCCN)cc1.Cl. The molecule has 0 saturated carbocycles. The van der Waals surface area contributed by atoms with Gasteiger partial charge < -0.3 is 16.4 Å². The van der Waals surface area contributed by atoms with Gasteiger partial charge in [-0.15, -0.1) is 23.7 Å². The van der Waals surface area contributed by atoms with E-state index < -0.39 is 0 Å². The number of halogens is 1. The van der Waals surface area contributed by atoms with Crippen molar-refractivity contribution in [3.05, 3.63) is 52.4 Å². The lowest BCUT2D eigenvalue weighted by atomic mass is 10.1. The third-order valence-corrected chi connectivity index (χ3v) is 4.26. The molecule has 1 heterocycles. The molecule has 0 radical (unpaired) electrons. The summed E-state index contributed by atoms with van der Waals surface area (Å²) in [6.45, 7) is 3.12. The van der Waals surface area contributed by atoms with Crippen LogP contribution in [0, 0.1) is 0 Å². The van der Waals surface area contributed by atoms with Gasteiger partial charge in [-0.1, -0.05) is 19.1 Å². The van der Waals surface area contributed by atoms with Crippen molar-refractivity contribution in [2.24, 2.45) is 5.73 Å². The van der Waals surface area contributed by atoms with E-state index in [9.17, 15) is 9.59 Å². The molecule has 0 atom stereocenters. The first kappa shape index (κ1) is 20.2. The minimum atomic E-state index is -0.217. The van der Waals surface area contributed by atoms with Crippen molar-refractivity contribution < 1.29 is 9.59 Å². The highest BCUT2D eigenvalue weighted by atomic mass is 35.5. The van der Waals surface area contributed by atoms with Crippen LogP contribution < -0.4 is 16.4 Å². The molecule has 1 aromatic heterocycles. The van der Waals surface area contributed by atoms with Crippen LogP contribution in [0.5, 0.6) is 0 Å². The summed E-state index contributed by atoms with van der Waals surface area (Å²) in [5.74, 6) is -0.414. The maximum Gasteiger partial charge on any atom is 0.256 e. The molecule has 5 nitrogen and oxygen atoms in total. The lowest BCUT2D eigenvalue weighted by Gasteiger charge is -2.08. The van der Waals surface area contributed by atoms with E-state index in [1.807, 2.05) is 12.1 Å². The number of hydrogen-bond acceptors (Lipinski definition) is 4. The smallest absolute Gasteiger partial charge is 0.256 e. The van der Waals surface area contributed by atoms with Crippen molar-refractivity contribution in [1.82, 2.24) is 5.32 Å². The molecule has 7 heteroatoms. The molecule has 4 N–H and O–H groups in total. The standard InChI is InChI=1S/C17H21N3O2S.ClH/c1-2-12-4-6-13(7-5-12)15(21)20-17-14(8-11-23-17)16(22)19-10-3-9-18;/h4-8,11H,2-3,9-10,18H2,1H3,(H,19,22)(H,20,21);1H. The fourth-order valence-electron chi connectivity index (χ4n) is 2.05. The second-order valence-corrected chi connectivity index (χ2v) is 5.98. The van der Waals surface area contributed by atoms with Crippen LogP contribution in [0.3, 0.4) is 0 Å². The minimum absolute atomic E-state index is 0. The van der Waals surface area contributed by atoms with Gasteiger partial charge in [-0.25, -0.2) is 0 Å². The molecule has 0 unspecified atom stereocenters. The summed E-state index contributed by atoms with van der Waals surface area (Å²) in [6.07, 6.45) is 1.65. The average molecular weight is 368 g/mol. The van der Waals surface area contributed by atoms with Gasteiger partial charge in [0.05, 0.1) is 5.56 Å². The van der Waals surface area contributed by atoms with E-state index >= 15 is 0 Å². The summed E-state index contributed by atoms with van der Waals surface area (Å²) in [6, 6.07) is 9.16. The molecule has 0 fully saturated rings. The van der Waals surface area contributed by atoms with Gasteiger partial charge in [0, 0.05) is 12.1 Å². The Kier molecular flexibility index (Phi) is 8.46. The minimum Gasteiger partial charge on any atom is -0.352 e. The number of nitrogens with one attached hydrogen (secondary N) is 2. The molecule has 0 aliphatic heterocycles. The van der Waals surface area contributed by atoms with Crippen LogP contribution in [-0.4, -0.2) is 24.9 Å². The van der Waals surface area contributed by atoms with Gasteiger partial charge >= 0.3 is 0 Å². The van der Waals surface area contributed by atoms with Crippen LogP contribution in [0.2, 0.25) is 0 Å². The summed E-state index contributed by atoms with van der Waals surface area (Å²) in [5, 5.41) is 7.94. The van der Waals surface area contributed by atoms with Crippen molar-refractivity contribution in [3.8, 4) is 0 Å². The monoisotopic (exact) mass is 367 g/mol. The average Bonchev–Trinajstić information content (AvgIpc) is 3.03. The maximum atomic E-state index is 12.3. The van der Waals surface area contributed by atoms with Crippen LogP contribution >= 0.6 is 23.7 Å². The highest BCUT2D eigenvalue weighted by molar-refractivity contribution is 7.14. The van der Waals surface area contributed by atoms with Gasteiger partial charge in [0.25, 0.3) is 11.8 Å². The lowest BCUT2D eigenvalue weighted by Crippen LogP contribution is -2.26. The molecule has 0 saturated heterocycles. The van der Waals surface area contributed by atoms with Crippen LogP contribution in [-0.2, 0) is 6.42 Å². The highest BCUT2D eigenvalue weighted by Crippen LogP contribution is 2.24. The first-order valence-electron chi connectivity index (χ1n) is 7.61. The van der Waals surface area contributed by atoms with E-state index in [0.717, 1.165) is 12.8 Å². The molecule has 0 bridgehead atoms. The first-order valence-corrected chi connectivity index (χ1v) is 8.49. The number of thiophene rings is 1. The topological polar surface area (TPSA) is 84.2 Å². The van der Waals surface area contributed by atoms with Crippen LogP contribution in [0.1, 0.15) is 39.6 Å². The zero-order valence-electron chi connectivity index (χ0n) is 13.5. The summed E-state index contributed by atoms with van der Waals surface area (Å²) < 4.78 is 0. The van der Waals surface area contributed by atoms with E-state index in [-0.39, 0.29) is 24.2 Å². The molecular weight excluding hydrogens is 346 g/mol. The molecule has 2 rings (SSSR count). The van der Waals surface area contributed by atoms with Crippen molar-refractivity contribution in [3.63, 3.8) is 0 Å². The number of amides is 2. The zero-order chi connectivity index (χ0) is 16.7. The first-order chi connectivity index (χ1) is 11.2. The van der Waals surface area contributed by atoms with Crippen molar-refractivity contribution in [1.29, 1.82) is 0 Å². The van der Waals surface area contributed by atoms with E-state index in [2.05, 4.69) is 17.6 Å². The number of benzene rings is 1. The van der Waals surface area contributed by atoms with Gasteiger partial charge in [-0.3, -0.25) is 9.59 Å². The Morgan fingerprint density at radius 2 is 1.83 bits per heavy atom. The summed E-state index contributed by atoms with van der Waals surface area (Å²) >= 11 is 1.33. The molecule has 0 spiro atoms. The second-order valence-electron chi connectivity index (χ2n) is 5.07. The van der Waals surface area contributed by atoms with Crippen LogP contribution in [0.25, 0.3) is 0 Å². The van der Waals surface area contributed by atoms with Crippen molar-refractivity contribution in [2.75, 3.05) is 18.4 Å². The Bertz CT molecular complexity index is 671. The van der Waals surface area contributed by atoms with Gasteiger partial charge in [0.2, 0.25) is 0 Å². The predicted octanol–water partition coefficient (Wildman–Crippen LogP) is 3.06. The second kappa shape index (κ2) is 10.1. The van der Waals surface area contributed by atoms with Gasteiger partial charge in [-0.2, -0.15) is 0 Å². The quantitative estimate of drug-likeness (QED) is 0.657. The van der Waals surface area contributed by atoms with E-state index in [1.54, 1.807) is 23.6 Å². The molecular formula is C17H22ClN3O2S. The van der Waals surface area contributed by atoms with Crippen molar-refractivity contribution in [2.45, 2.75) is 19.8 Å².